The number of nitrogen functional groups attached to an aromatic ring is 1. The number of aliphatic imine (C=N–C) groups is 1. The fourth-order valence-electron chi connectivity index (χ4n) is 1.60. The monoisotopic (exact) mass is 289 g/mol. The van der Waals surface area contributed by atoms with Crippen LogP contribution in [0.1, 0.15) is 31.9 Å². The molecule has 1 aromatic rings. The van der Waals surface area contributed by atoms with Crippen molar-refractivity contribution in [2.45, 2.75) is 32.8 Å². The Kier molecular flexibility index (Phi) is 5.44. The Bertz CT molecular complexity index is 595. The third kappa shape index (κ3) is 5.63. The van der Waals surface area contributed by atoms with Crippen LogP contribution in [0.15, 0.2) is 23.2 Å². The van der Waals surface area contributed by atoms with E-state index in [1.165, 1.54) is 0 Å². The Morgan fingerprint density at radius 2 is 2.14 bits per heavy atom. The topological polar surface area (TPSA) is 109 Å². The number of anilines is 1. The molecule has 0 aliphatic carbocycles. The predicted molar refractivity (Wildman–Crippen MR) is 80.0 cm³/mol. The zero-order valence-corrected chi connectivity index (χ0v) is 12.4. The van der Waals surface area contributed by atoms with Gasteiger partial charge in [0, 0.05) is 12.1 Å². The molecule has 0 aromatic heterocycles. The van der Waals surface area contributed by atoms with Crippen molar-refractivity contribution in [1.82, 2.24) is 0 Å². The van der Waals surface area contributed by atoms with Crippen LogP contribution >= 0.6 is 0 Å². The summed E-state index contributed by atoms with van der Waals surface area (Å²) in [6.07, 6.45) is -0.487. The molecule has 21 heavy (non-hydrogen) atoms. The van der Waals surface area contributed by atoms with Crippen molar-refractivity contribution in [2.75, 3.05) is 12.3 Å². The standard InChI is InChI=1S/C15H19N3O3/c1-15(2,3)21-14(20)18-12(9-19)6-10-4-5-11(8-16)13(17)7-10/h4-5,7,19H,6,9,17H2,1-3H3/b18-12-. The fraction of sp³-hybridized carbons (Fsp3) is 0.400. The van der Waals surface area contributed by atoms with Crippen LogP contribution in [0.3, 0.4) is 0 Å². The van der Waals surface area contributed by atoms with Gasteiger partial charge in [-0.1, -0.05) is 6.07 Å². The number of nitrogens with zero attached hydrogens (tertiary/aromatic N) is 2. The highest BCUT2D eigenvalue weighted by Gasteiger charge is 2.16. The van der Waals surface area contributed by atoms with Gasteiger partial charge in [0.05, 0.1) is 17.9 Å². The number of hydrogen-bond donors (Lipinski definition) is 2. The summed E-state index contributed by atoms with van der Waals surface area (Å²) < 4.78 is 5.06. The second-order valence-electron chi connectivity index (χ2n) is 5.53. The van der Waals surface area contributed by atoms with Crippen molar-refractivity contribution in [3.63, 3.8) is 0 Å². The van der Waals surface area contributed by atoms with Crippen LogP contribution in [-0.2, 0) is 11.2 Å². The SMILES string of the molecule is CC(C)(C)OC(=O)/N=C(\CO)Cc1ccc(C#N)c(N)c1. The first-order valence-corrected chi connectivity index (χ1v) is 6.44. The number of hydrogen-bond acceptors (Lipinski definition) is 5. The van der Waals surface area contributed by atoms with Crippen LogP contribution in [0.5, 0.6) is 0 Å². The van der Waals surface area contributed by atoms with E-state index in [2.05, 4.69) is 4.99 Å². The van der Waals surface area contributed by atoms with E-state index in [0.29, 0.717) is 11.3 Å². The van der Waals surface area contributed by atoms with Gasteiger partial charge >= 0.3 is 6.09 Å². The second kappa shape index (κ2) is 6.86. The molecule has 0 unspecified atom stereocenters. The highest BCUT2D eigenvalue weighted by atomic mass is 16.6. The van der Waals surface area contributed by atoms with Gasteiger partial charge in [0.2, 0.25) is 0 Å². The molecule has 6 heteroatoms. The minimum Gasteiger partial charge on any atom is -0.442 e. The van der Waals surface area contributed by atoms with Crippen molar-refractivity contribution >= 4 is 17.5 Å². The molecule has 1 amide bonds. The zero-order valence-electron chi connectivity index (χ0n) is 12.4. The van der Waals surface area contributed by atoms with Crippen LogP contribution in [-0.4, -0.2) is 29.1 Å². The number of rotatable bonds is 3. The average molecular weight is 289 g/mol. The lowest BCUT2D eigenvalue weighted by Gasteiger charge is -2.17. The van der Waals surface area contributed by atoms with E-state index < -0.39 is 11.7 Å². The fourth-order valence-corrected chi connectivity index (χ4v) is 1.60. The average Bonchev–Trinajstić information content (AvgIpc) is 2.36. The number of aliphatic hydroxyl groups excluding tert-OH is 1. The molecule has 1 aromatic carbocycles. The third-order valence-corrected chi connectivity index (χ3v) is 2.47. The van der Waals surface area contributed by atoms with Gasteiger partial charge < -0.3 is 15.6 Å². The molecular formula is C15H19N3O3. The van der Waals surface area contributed by atoms with E-state index in [1.54, 1.807) is 39.0 Å². The van der Waals surface area contributed by atoms with E-state index >= 15 is 0 Å². The molecule has 0 saturated carbocycles. The normalized spacial score (nSPS) is 11.9. The van der Waals surface area contributed by atoms with Crippen LogP contribution < -0.4 is 5.73 Å². The molecule has 1 rings (SSSR count). The molecule has 0 aliphatic rings. The molecule has 0 spiro atoms. The Hall–Kier alpha value is -2.39. The van der Waals surface area contributed by atoms with Crippen molar-refractivity contribution in [1.29, 1.82) is 5.26 Å². The summed E-state index contributed by atoms with van der Waals surface area (Å²) in [5.41, 5.74) is 6.84. The molecule has 6 nitrogen and oxygen atoms in total. The van der Waals surface area contributed by atoms with Gasteiger partial charge in [-0.3, -0.25) is 0 Å². The molecule has 0 aliphatic heterocycles. The number of ether oxygens (including phenoxy) is 1. The van der Waals surface area contributed by atoms with E-state index in [9.17, 15) is 9.90 Å². The van der Waals surface area contributed by atoms with Gasteiger partial charge in [-0.25, -0.2) is 4.79 Å². The minimum absolute atomic E-state index is 0.256. The van der Waals surface area contributed by atoms with Crippen LogP contribution in [0.4, 0.5) is 10.5 Å². The van der Waals surface area contributed by atoms with Gasteiger partial charge in [0.25, 0.3) is 0 Å². The summed E-state index contributed by atoms with van der Waals surface area (Å²) in [4.78, 5) is 15.3. The van der Waals surface area contributed by atoms with E-state index in [-0.39, 0.29) is 18.7 Å². The number of carbonyl (C=O) groups is 1. The molecule has 112 valence electrons. The summed E-state index contributed by atoms with van der Waals surface area (Å²) in [6, 6.07) is 6.89. The van der Waals surface area contributed by atoms with Crippen molar-refractivity contribution in [2.24, 2.45) is 4.99 Å². The lowest BCUT2D eigenvalue weighted by Crippen LogP contribution is -2.23. The first-order chi connectivity index (χ1) is 9.75. The third-order valence-electron chi connectivity index (χ3n) is 2.47. The number of benzene rings is 1. The number of amides is 1. The van der Waals surface area contributed by atoms with E-state index in [1.807, 2.05) is 6.07 Å². The van der Waals surface area contributed by atoms with Crippen LogP contribution in [0.2, 0.25) is 0 Å². The highest BCUT2D eigenvalue weighted by molar-refractivity contribution is 5.95. The number of nitriles is 1. The lowest BCUT2D eigenvalue weighted by atomic mass is 10.1. The minimum atomic E-state index is -0.742. The molecular weight excluding hydrogens is 270 g/mol. The largest absolute Gasteiger partial charge is 0.442 e. The molecule has 0 bridgehead atoms. The lowest BCUT2D eigenvalue weighted by molar-refractivity contribution is 0.0603. The van der Waals surface area contributed by atoms with E-state index in [0.717, 1.165) is 5.56 Å². The number of carbonyl (C=O) groups excluding carboxylic acids is 1. The first-order valence-electron chi connectivity index (χ1n) is 6.44. The van der Waals surface area contributed by atoms with E-state index in [4.69, 9.17) is 15.7 Å². The molecule has 3 N–H and O–H groups in total. The van der Waals surface area contributed by atoms with Crippen molar-refractivity contribution < 1.29 is 14.6 Å². The second-order valence-corrected chi connectivity index (χ2v) is 5.53. The van der Waals surface area contributed by atoms with Gasteiger partial charge in [0.15, 0.2) is 0 Å². The van der Waals surface area contributed by atoms with Crippen molar-refractivity contribution in [3.8, 4) is 6.07 Å². The Morgan fingerprint density at radius 3 is 2.62 bits per heavy atom. The van der Waals surface area contributed by atoms with Crippen molar-refractivity contribution in [3.05, 3.63) is 29.3 Å². The number of nitrogens with two attached hydrogens (primary N) is 1. The summed E-state index contributed by atoms with van der Waals surface area (Å²) in [5, 5.41) is 18.1. The van der Waals surface area contributed by atoms with Gasteiger partial charge in [-0.15, -0.1) is 0 Å². The van der Waals surface area contributed by atoms with Gasteiger partial charge in [0.1, 0.15) is 11.7 Å². The maximum absolute atomic E-state index is 11.6. The molecule has 0 atom stereocenters. The quantitative estimate of drug-likeness (QED) is 0.654. The summed E-state index contributed by atoms with van der Waals surface area (Å²) in [5.74, 6) is 0. The maximum atomic E-state index is 11.6. The molecule has 0 radical (unpaired) electrons. The van der Waals surface area contributed by atoms with Crippen LogP contribution in [0, 0.1) is 11.3 Å². The summed E-state index contributed by atoms with van der Waals surface area (Å²) >= 11 is 0. The number of aliphatic hydroxyl groups is 1. The Labute approximate surface area is 123 Å². The molecule has 0 saturated heterocycles. The van der Waals surface area contributed by atoms with Crippen LogP contribution in [0.25, 0.3) is 0 Å². The molecule has 0 fully saturated rings. The Balaban J connectivity index is 2.85. The highest BCUT2D eigenvalue weighted by Crippen LogP contribution is 2.14. The zero-order chi connectivity index (χ0) is 16.0. The first kappa shape index (κ1) is 16.7. The predicted octanol–water partition coefficient (Wildman–Crippen LogP) is 2.05. The molecule has 0 heterocycles. The Morgan fingerprint density at radius 1 is 1.48 bits per heavy atom. The smallest absolute Gasteiger partial charge is 0.434 e. The van der Waals surface area contributed by atoms with Gasteiger partial charge in [-0.05, 0) is 38.5 Å². The summed E-state index contributed by atoms with van der Waals surface area (Å²) in [6.45, 7) is 4.85. The summed E-state index contributed by atoms with van der Waals surface area (Å²) in [7, 11) is 0. The van der Waals surface area contributed by atoms with Gasteiger partial charge in [-0.2, -0.15) is 10.3 Å². The maximum Gasteiger partial charge on any atom is 0.434 e.